The summed E-state index contributed by atoms with van der Waals surface area (Å²) in [6.45, 7) is 0. The van der Waals surface area contributed by atoms with E-state index in [0.717, 1.165) is 9.87 Å². The van der Waals surface area contributed by atoms with Gasteiger partial charge in [0.25, 0.3) is 5.91 Å². The van der Waals surface area contributed by atoms with Crippen molar-refractivity contribution in [3.8, 4) is 6.07 Å². The van der Waals surface area contributed by atoms with E-state index in [1.807, 2.05) is 30.3 Å². The highest BCUT2D eigenvalue weighted by molar-refractivity contribution is 7.89. The molecular formula is C23H19Cl2N3O3S. The maximum atomic E-state index is 12.8. The van der Waals surface area contributed by atoms with Gasteiger partial charge in [-0.25, -0.2) is 12.7 Å². The third kappa shape index (κ3) is 4.95. The molecule has 0 aromatic heterocycles. The van der Waals surface area contributed by atoms with Crippen LogP contribution in [-0.2, 0) is 10.0 Å². The van der Waals surface area contributed by atoms with E-state index < -0.39 is 21.8 Å². The van der Waals surface area contributed by atoms with Crippen LogP contribution in [0.25, 0.3) is 0 Å². The number of sulfonamides is 1. The highest BCUT2D eigenvalue weighted by atomic mass is 35.5. The van der Waals surface area contributed by atoms with Gasteiger partial charge in [-0.15, -0.1) is 0 Å². The molecule has 0 aliphatic rings. The summed E-state index contributed by atoms with van der Waals surface area (Å²) in [7, 11) is -0.931. The molecule has 0 saturated carbocycles. The van der Waals surface area contributed by atoms with Gasteiger partial charge >= 0.3 is 0 Å². The van der Waals surface area contributed by atoms with E-state index >= 15 is 0 Å². The molecule has 0 aliphatic heterocycles. The van der Waals surface area contributed by atoms with Gasteiger partial charge in [-0.1, -0.05) is 59.6 Å². The van der Waals surface area contributed by atoms with Crippen LogP contribution in [0.15, 0.2) is 71.6 Å². The first kappa shape index (κ1) is 23.8. The maximum Gasteiger partial charge on any atom is 0.257 e. The van der Waals surface area contributed by atoms with Crippen molar-refractivity contribution in [3.05, 3.63) is 93.5 Å². The summed E-state index contributed by atoms with van der Waals surface area (Å²) in [6, 6.07) is 20.3. The van der Waals surface area contributed by atoms with Gasteiger partial charge in [0.05, 0.1) is 27.5 Å². The van der Waals surface area contributed by atoms with Crippen LogP contribution < -0.4 is 5.32 Å². The number of nitriles is 1. The van der Waals surface area contributed by atoms with Crippen molar-refractivity contribution in [2.24, 2.45) is 0 Å². The highest BCUT2D eigenvalue weighted by Gasteiger charge is 2.22. The Morgan fingerprint density at radius 2 is 1.69 bits per heavy atom. The number of carbonyl (C=O) groups excluding carboxylic acids is 1. The molecule has 0 saturated heterocycles. The predicted octanol–water partition coefficient (Wildman–Crippen LogP) is 5.15. The Hall–Kier alpha value is -2.89. The molecule has 3 aromatic rings. The minimum absolute atomic E-state index is 0.00831. The van der Waals surface area contributed by atoms with E-state index in [1.165, 1.54) is 38.4 Å². The van der Waals surface area contributed by atoms with Crippen molar-refractivity contribution >= 4 is 44.8 Å². The van der Waals surface area contributed by atoms with E-state index in [0.29, 0.717) is 16.3 Å². The molecule has 0 aliphatic carbocycles. The zero-order chi connectivity index (χ0) is 23.5. The van der Waals surface area contributed by atoms with Crippen molar-refractivity contribution in [2.45, 2.75) is 10.8 Å². The van der Waals surface area contributed by atoms with E-state index in [-0.39, 0.29) is 15.5 Å². The number of halogens is 2. The Morgan fingerprint density at radius 3 is 2.28 bits per heavy atom. The van der Waals surface area contributed by atoms with Crippen molar-refractivity contribution < 1.29 is 13.2 Å². The Morgan fingerprint density at radius 1 is 1.00 bits per heavy atom. The fourth-order valence-corrected chi connectivity index (χ4v) is 4.48. The van der Waals surface area contributed by atoms with Gasteiger partial charge < -0.3 is 5.32 Å². The van der Waals surface area contributed by atoms with E-state index in [9.17, 15) is 18.5 Å². The molecule has 0 fully saturated rings. The lowest BCUT2D eigenvalue weighted by Crippen LogP contribution is -2.23. The standard InChI is InChI=1S/C23H19Cl2N3O3S/c1-28(2)32(30,31)17-9-11-21(24)19(13-17)23(29)27-16-8-10-18(22(25)12-16)20(14-26)15-6-4-3-5-7-15/h3-13,20H,1-2H3,(H,27,29). The molecule has 1 amide bonds. The molecule has 0 spiro atoms. The monoisotopic (exact) mass is 487 g/mol. The van der Waals surface area contributed by atoms with Crippen LogP contribution in [0.5, 0.6) is 0 Å². The third-order valence-corrected chi connectivity index (χ3v) is 7.26. The number of rotatable bonds is 6. The fraction of sp³-hybridized carbons (Fsp3) is 0.130. The van der Waals surface area contributed by atoms with E-state index in [1.54, 1.807) is 12.1 Å². The van der Waals surface area contributed by atoms with Crippen LogP contribution in [0.4, 0.5) is 5.69 Å². The summed E-state index contributed by atoms with van der Waals surface area (Å²) in [5, 5.41) is 12.7. The summed E-state index contributed by atoms with van der Waals surface area (Å²) in [6.07, 6.45) is 0. The second kappa shape index (κ2) is 9.72. The van der Waals surface area contributed by atoms with Gasteiger partial charge in [0.1, 0.15) is 0 Å². The van der Waals surface area contributed by atoms with Crippen LogP contribution in [0.1, 0.15) is 27.4 Å². The summed E-state index contributed by atoms with van der Waals surface area (Å²) in [4.78, 5) is 12.7. The average molecular weight is 488 g/mol. The first-order valence-corrected chi connectivity index (χ1v) is 11.6. The molecule has 6 nitrogen and oxygen atoms in total. The van der Waals surface area contributed by atoms with Gasteiger partial charge in [0, 0.05) is 24.8 Å². The smallest absolute Gasteiger partial charge is 0.257 e. The number of nitrogens with zero attached hydrogens (tertiary/aromatic N) is 2. The first-order chi connectivity index (χ1) is 15.1. The molecular weight excluding hydrogens is 469 g/mol. The summed E-state index contributed by atoms with van der Waals surface area (Å²) < 4.78 is 25.8. The second-order valence-corrected chi connectivity index (χ2v) is 10.1. The largest absolute Gasteiger partial charge is 0.322 e. The van der Waals surface area contributed by atoms with E-state index in [2.05, 4.69) is 11.4 Å². The minimum Gasteiger partial charge on any atom is -0.322 e. The fourth-order valence-electron chi connectivity index (χ4n) is 3.06. The van der Waals surface area contributed by atoms with Crippen molar-refractivity contribution in [3.63, 3.8) is 0 Å². The quantitative estimate of drug-likeness (QED) is 0.520. The Balaban J connectivity index is 1.88. The number of hydrogen-bond donors (Lipinski definition) is 1. The topological polar surface area (TPSA) is 90.3 Å². The molecule has 1 unspecified atom stereocenters. The number of amides is 1. The zero-order valence-electron chi connectivity index (χ0n) is 17.2. The molecule has 0 radical (unpaired) electrons. The van der Waals surface area contributed by atoms with Crippen molar-refractivity contribution in [1.29, 1.82) is 5.26 Å². The first-order valence-electron chi connectivity index (χ1n) is 9.42. The highest BCUT2D eigenvalue weighted by Crippen LogP contribution is 2.32. The van der Waals surface area contributed by atoms with Crippen LogP contribution in [0, 0.1) is 11.3 Å². The number of nitrogens with one attached hydrogen (secondary N) is 1. The Labute approximate surface area is 197 Å². The number of benzene rings is 3. The normalized spacial score (nSPS) is 12.2. The average Bonchev–Trinajstić information content (AvgIpc) is 2.76. The van der Waals surface area contributed by atoms with Crippen LogP contribution in [0.2, 0.25) is 10.0 Å². The second-order valence-electron chi connectivity index (χ2n) is 7.09. The third-order valence-electron chi connectivity index (χ3n) is 4.79. The zero-order valence-corrected chi connectivity index (χ0v) is 19.5. The van der Waals surface area contributed by atoms with Crippen LogP contribution in [0.3, 0.4) is 0 Å². The molecule has 0 bridgehead atoms. The molecule has 32 heavy (non-hydrogen) atoms. The van der Waals surface area contributed by atoms with Crippen molar-refractivity contribution in [1.82, 2.24) is 4.31 Å². The van der Waals surface area contributed by atoms with Gasteiger partial charge in [-0.2, -0.15) is 5.26 Å². The van der Waals surface area contributed by atoms with Crippen molar-refractivity contribution in [2.75, 3.05) is 19.4 Å². The molecule has 1 N–H and O–H groups in total. The predicted molar refractivity (Wildman–Crippen MR) is 126 cm³/mol. The lowest BCUT2D eigenvalue weighted by Gasteiger charge is -2.15. The number of hydrogen-bond acceptors (Lipinski definition) is 4. The molecule has 9 heteroatoms. The molecule has 0 heterocycles. The minimum atomic E-state index is -3.73. The van der Waals surface area contributed by atoms with Gasteiger partial charge in [0.2, 0.25) is 10.0 Å². The molecule has 164 valence electrons. The van der Waals surface area contributed by atoms with Crippen LogP contribution in [-0.4, -0.2) is 32.7 Å². The SMILES string of the molecule is CN(C)S(=O)(=O)c1ccc(Cl)c(C(=O)Nc2ccc(C(C#N)c3ccccc3)c(Cl)c2)c1. The lowest BCUT2D eigenvalue weighted by molar-refractivity contribution is 0.102. The van der Waals surface area contributed by atoms with Gasteiger partial charge in [0.15, 0.2) is 0 Å². The number of carbonyl (C=O) groups is 1. The summed E-state index contributed by atoms with van der Waals surface area (Å²) in [5.74, 6) is -1.15. The van der Waals surface area contributed by atoms with Gasteiger partial charge in [-0.05, 0) is 41.5 Å². The number of anilines is 1. The summed E-state index contributed by atoms with van der Waals surface area (Å²) in [5.41, 5.74) is 1.80. The molecule has 1 atom stereocenters. The van der Waals surface area contributed by atoms with E-state index in [4.69, 9.17) is 23.2 Å². The van der Waals surface area contributed by atoms with Gasteiger partial charge in [-0.3, -0.25) is 4.79 Å². The maximum absolute atomic E-state index is 12.8. The molecule has 3 aromatic carbocycles. The Kier molecular flexibility index (Phi) is 7.22. The van der Waals surface area contributed by atoms with Crippen LogP contribution >= 0.6 is 23.2 Å². The lowest BCUT2D eigenvalue weighted by atomic mass is 9.92. The Bertz CT molecular complexity index is 1300. The summed E-state index contributed by atoms with van der Waals surface area (Å²) >= 11 is 12.6. The molecule has 3 rings (SSSR count).